The number of primary sulfonamides is 1. The maximum absolute atomic E-state index is 11.5. The van der Waals surface area contributed by atoms with Crippen LogP contribution in [0, 0.1) is 0 Å². The van der Waals surface area contributed by atoms with E-state index in [1.165, 1.54) is 6.07 Å². The van der Waals surface area contributed by atoms with Gasteiger partial charge in [0.2, 0.25) is 10.0 Å². The molecule has 17 heavy (non-hydrogen) atoms. The summed E-state index contributed by atoms with van der Waals surface area (Å²) in [6.45, 7) is 0. The fraction of sp³-hybridized carbons (Fsp3) is 0. The van der Waals surface area contributed by atoms with E-state index in [0.29, 0.717) is 11.1 Å². The maximum Gasteiger partial charge on any atom is 0.242 e. The van der Waals surface area contributed by atoms with Crippen molar-refractivity contribution < 1.29 is 13.5 Å². The van der Waals surface area contributed by atoms with Crippen LogP contribution >= 0.6 is 0 Å². The lowest BCUT2D eigenvalue weighted by Gasteiger charge is -2.09. The van der Waals surface area contributed by atoms with Crippen LogP contribution in [0.25, 0.3) is 11.1 Å². The van der Waals surface area contributed by atoms with Crippen LogP contribution in [-0.2, 0) is 10.0 Å². The van der Waals surface area contributed by atoms with Crippen molar-refractivity contribution in [1.82, 2.24) is 0 Å². The van der Waals surface area contributed by atoms with Crippen molar-refractivity contribution in [3.05, 3.63) is 48.5 Å². The number of sulfonamides is 1. The Labute approximate surface area is 99.4 Å². The number of benzene rings is 2. The third-order valence-corrected chi connectivity index (χ3v) is 3.36. The Balaban J connectivity index is 2.76. The number of nitrogens with two attached hydrogens (primary N) is 1. The lowest BCUT2D eigenvalue weighted by molar-refractivity contribution is 0.459. The summed E-state index contributed by atoms with van der Waals surface area (Å²) in [6, 6.07) is 13.4. The molecule has 0 heterocycles. The van der Waals surface area contributed by atoms with Gasteiger partial charge in [-0.3, -0.25) is 0 Å². The van der Waals surface area contributed by atoms with Crippen molar-refractivity contribution in [2.45, 2.75) is 4.90 Å². The summed E-state index contributed by atoms with van der Waals surface area (Å²) in [5, 5.41) is 14.7. The zero-order chi connectivity index (χ0) is 12.5. The molecule has 88 valence electrons. The summed E-state index contributed by atoms with van der Waals surface area (Å²) in [7, 11) is -3.96. The van der Waals surface area contributed by atoms with Gasteiger partial charge in [0.25, 0.3) is 0 Å². The average Bonchev–Trinajstić information content (AvgIpc) is 2.28. The molecule has 0 unspecified atom stereocenters. The van der Waals surface area contributed by atoms with E-state index in [2.05, 4.69) is 0 Å². The first-order chi connectivity index (χ1) is 8.00. The highest BCUT2D eigenvalue weighted by atomic mass is 32.2. The van der Waals surface area contributed by atoms with Crippen LogP contribution in [0.15, 0.2) is 53.4 Å². The van der Waals surface area contributed by atoms with Crippen LogP contribution in [0.3, 0.4) is 0 Å². The molecule has 0 saturated carbocycles. The maximum atomic E-state index is 11.5. The van der Waals surface area contributed by atoms with E-state index in [0.717, 1.165) is 0 Å². The van der Waals surface area contributed by atoms with Crippen LogP contribution in [0.4, 0.5) is 0 Å². The Morgan fingerprint density at radius 3 is 2.18 bits per heavy atom. The largest absolute Gasteiger partial charge is 0.507 e. The molecule has 0 bridgehead atoms. The van der Waals surface area contributed by atoms with Gasteiger partial charge in [-0.1, -0.05) is 42.5 Å². The van der Waals surface area contributed by atoms with Crippen molar-refractivity contribution >= 4 is 10.0 Å². The summed E-state index contributed by atoms with van der Waals surface area (Å²) in [4.78, 5) is -0.244. The molecule has 2 aromatic rings. The highest BCUT2D eigenvalue weighted by molar-refractivity contribution is 7.89. The standard InChI is InChI=1S/C12H11NO3S/c13-17(15,16)12-10(7-4-8-11(12)14)9-5-2-1-3-6-9/h1-8,14H,(H2,13,15,16). The second-order valence-electron chi connectivity index (χ2n) is 3.56. The number of phenolic OH excluding ortho intramolecular Hbond substituents is 1. The molecule has 0 radical (unpaired) electrons. The van der Waals surface area contributed by atoms with Crippen LogP contribution < -0.4 is 5.14 Å². The fourth-order valence-corrected chi connectivity index (χ4v) is 2.52. The van der Waals surface area contributed by atoms with Crippen LogP contribution in [0.2, 0.25) is 0 Å². The minimum absolute atomic E-state index is 0.244. The molecule has 4 nitrogen and oxygen atoms in total. The first-order valence-corrected chi connectivity index (χ1v) is 6.45. The van der Waals surface area contributed by atoms with Gasteiger partial charge in [-0.05, 0) is 11.6 Å². The minimum Gasteiger partial charge on any atom is -0.507 e. The molecule has 0 aromatic heterocycles. The lowest BCUT2D eigenvalue weighted by atomic mass is 10.1. The second kappa shape index (κ2) is 4.20. The van der Waals surface area contributed by atoms with Crippen molar-refractivity contribution in [2.24, 2.45) is 5.14 Å². The predicted octanol–water partition coefficient (Wildman–Crippen LogP) is 1.71. The first-order valence-electron chi connectivity index (χ1n) is 4.90. The Kier molecular flexibility index (Phi) is 2.87. The van der Waals surface area contributed by atoms with Crippen LogP contribution in [-0.4, -0.2) is 13.5 Å². The number of phenols is 1. The average molecular weight is 249 g/mol. The minimum atomic E-state index is -3.96. The first kappa shape index (κ1) is 11.6. The van der Waals surface area contributed by atoms with Gasteiger partial charge >= 0.3 is 0 Å². The molecule has 2 aromatic carbocycles. The zero-order valence-electron chi connectivity index (χ0n) is 8.87. The van der Waals surface area contributed by atoms with Gasteiger partial charge in [0, 0.05) is 5.56 Å². The molecule has 0 spiro atoms. The normalized spacial score (nSPS) is 11.4. The summed E-state index contributed by atoms with van der Waals surface area (Å²) in [5.74, 6) is -0.339. The highest BCUT2D eigenvalue weighted by Gasteiger charge is 2.19. The van der Waals surface area contributed by atoms with Gasteiger partial charge in [0.15, 0.2) is 0 Å². The second-order valence-corrected chi connectivity index (χ2v) is 5.06. The zero-order valence-corrected chi connectivity index (χ0v) is 9.68. The summed E-state index contributed by atoms with van der Waals surface area (Å²) < 4.78 is 22.9. The molecular formula is C12H11NO3S. The van der Waals surface area contributed by atoms with Gasteiger partial charge < -0.3 is 5.11 Å². The summed E-state index contributed by atoms with van der Waals surface area (Å²) in [6.07, 6.45) is 0. The Morgan fingerprint density at radius 2 is 1.59 bits per heavy atom. The number of aromatic hydroxyl groups is 1. The van der Waals surface area contributed by atoms with E-state index in [4.69, 9.17) is 5.14 Å². The van der Waals surface area contributed by atoms with Gasteiger partial charge in [-0.25, -0.2) is 13.6 Å². The molecule has 0 atom stereocenters. The molecule has 2 rings (SSSR count). The van der Waals surface area contributed by atoms with Crippen molar-refractivity contribution in [1.29, 1.82) is 0 Å². The number of hydrogen-bond donors (Lipinski definition) is 2. The number of rotatable bonds is 2. The SMILES string of the molecule is NS(=O)(=O)c1c(O)cccc1-c1ccccc1. The fourth-order valence-electron chi connectivity index (χ4n) is 1.67. The quantitative estimate of drug-likeness (QED) is 0.850. The van der Waals surface area contributed by atoms with Crippen LogP contribution in [0.5, 0.6) is 5.75 Å². The molecule has 0 amide bonds. The van der Waals surface area contributed by atoms with E-state index >= 15 is 0 Å². The van der Waals surface area contributed by atoms with E-state index < -0.39 is 10.0 Å². The van der Waals surface area contributed by atoms with Gasteiger partial charge in [-0.2, -0.15) is 0 Å². The third-order valence-electron chi connectivity index (χ3n) is 2.36. The van der Waals surface area contributed by atoms with E-state index in [1.807, 2.05) is 6.07 Å². The topological polar surface area (TPSA) is 80.4 Å². The molecule has 0 saturated heterocycles. The Hall–Kier alpha value is -1.85. The predicted molar refractivity (Wildman–Crippen MR) is 64.9 cm³/mol. The van der Waals surface area contributed by atoms with Crippen LogP contribution in [0.1, 0.15) is 0 Å². The smallest absolute Gasteiger partial charge is 0.242 e. The van der Waals surface area contributed by atoms with E-state index in [-0.39, 0.29) is 10.6 Å². The molecular weight excluding hydrogens is 238 g/mol. The molecule has 0 fully saturated rings. The Bertz CT molecular complexity index is 636. The van der Waals surface area contributed by atoms with Gasteiger partial charge in [0.1, 0.15) is 10.6 Å². The van der Waals surface area contributed by atoms with E-state index in [1.54, 1.807) is 36.4 Å². The highest BCUT2D eigenvalue weighted by Crippen LogP contribution is 2.32. The number of hydrogen-bond acceptors (Lipinski definition) is 3. The molecule has 0 aliphatic carbocycles. The van der Waals surface area contributed by atoms with Crippen molar-refractivity contribution in [3.8, 4) is 16.9 Å². The van der Waals surface area contributed by atoms with Gasteiger partial charge in [-0.15, -0.1) is 0 Å². The van der Waals surface area contributed by atoms with E-state index in [9.17, 15) is 13.5 Å². The Morgan fingerprint density at radius 1 is 0.941 bits per heavy atom. The monoisotopic (exact) mass is 249 g/mol. The molecule has 0 aliphatic rings. The van der Waals surface area contributed by atoms with Gasteiger partial charge in [0.05, 0.1) is 0 Å². The van der Waals surface area contributed by atoms with Crippen molar-refractivity contribution in [3.63, 3.8) is 0 Å². The lowest BCUT2D eigenvalue weighted by Crippen LogP contribution is -2.13. The molecule has 5 heteroatoms. The summed E-state index contributed by atoms with van der Waals surface area (Å²) in [5.41, 5.74) is 1.08. The summed E-state index contributed by atoms with van der Waals surface area (Å²) >= 11 is 0. The molecule has 0 aliphatic heterocycles. The third kappa shape index (κ3) is 2.30. The molecule has 3 N–H and O–H groups in total. The van der Waals surface area contributed by atoms with Crippen molar-refractivity contribution in [2.75, 3.05) is 0 Å².